The van der Waals surface area contributed by atoms with Crippen LogP contribution in [0.4, 0.5) is 0 Å². The van der Waals surface area contributed by atoms with Gasteiger partial charge in [0, 0.05) is 5.39 Å². The van der Waals surface area contributed by atoms with Crippen LogP contribution < -0.4 is 0 Å². The Kier molecular flexibility index (Phi) is 3.27. The molecule has 4 aromatic rings. The highest BCUT2D eigenvalue weighted by Gasteiger charge is 2.23. The fourth-order valence-corrected chi connectivity index (χ4v) is 4.18. The third kappa shape index (κ3) is 2.55. The third-order valence-electron chi connectivity index (χ3n) is 4.67. The average molecular weight is 320 g/mol. The zero-order chi connectivity index (χ0) is 16.0. The summed E-state index contributed by atoms with van der Waals surface area (Å²) in [5.41, 5.74) is 5.26. The van der Waals surface area contributed by atoms with Gasteiger partial charge in [0.25, 0.3) is 0 Å². The molecular weight excluding hydrogens is 300 g/mol. The number of aromatic nitrogens is 2. The normalized spacial score (nSPS) is 12.3. The Hall–Kier alpha value is -2.13. The minimum atomic E-state index is 0.0714. The van der Waals surface area contributed by atoms with E-state index < -0.39 is 0 Å². The van der Waals surface area contributed by atoms with Crippen molar-refractivity contribution in [2.24, 2.45) is 0 Å². The van der Waals surface area contributed by atoms with Gasteiger partial charge in [-0.3, -0.25) is 5.10 Å². The van der Waals surface area contributed by atoms with E-state index in [4.69, 9.17) is 0 Å². The van der Waals surface area contributed by atoms with E-state index in [2.05, 4.69) is 72.1 Å². The smallest absolute Gasteiger partial charge is 0.0682 e. The van der Waals surface area contributed by atoms with Gasteiger partial charge in [0.1, 0.15) is 0 Å². The minimum Gasteiger partial charge on any atom is -0.278 e. The number of H-pyrrole nitrogens is 1. The van der Waals surface area contributed by atoms with Crippen molar-refractivity contribution >= 4 is 33.0 Å². The fraction of sp³-hybridized carbons (Fsp3) is 0.250. The summed E-state index contributed by atoms with van der Waals surface area (Å²) < 4.78 is 0. The van der Waals surface area contributed by atoms with Crippen LogP contribution in [-0.2, 0) is 11.8 Å². The summed E-state index contributed by atoms with van der Waals surface area (Å²) in [4.78, 5) is 0. The Balaban J connectivity index is 1.77. The van der Waals surface area contributed by atoms with Crippen LogP contribution in [0.3, 0.4) is 0 Å². The predicted octanol–water partition coefficient (Wildman–Crippen LogP) is 5.61. The molecule has 3 heteroatoms. The maximum Gasteiger partial charge on any atom is 0.0682 e. The maximum absolute atomic E-state index is 4.22. The Labute approximate surface area is 140 Å². The van der Waals surface area contributed by atoms with Gasteiger partial charge < -0.3 is 0 Å². The molecule has 0 fully saturated rings. The number of thiophene rings is 1. The third-order valence-corrected chi connectivity index (χ3v) is 5.45. The van der Waals surface area contributed by atoms with E-state index in [9.17, 15) is 0 Å². The zero-order valence-corrected chi connectivity index (χ0v) is 14.5. The van der Waals surface area contributed by atoms with Gasteiger partial charge >= 0.3 is 0 Å². The lowest BCUT2D eigenvalue weighted by molar-refractivity contribution is 0.524. The van der Waals surface area contributed by atoms with Crippen molar-refractivity contribution < 1.29 is 0 Å². The van der Waals surface area contributed by atoms with E-state index >= 15 is 0 Å². The van der Waals surface area contributed by atoms with E-state index in [1.54, 1.807) is 11.3 Å². The molecule has 1 N–H and O–H groups in total. The molecule has 0 saturated carbocycles. The van der Waals surface area contributed by atoms with Crippen molar-refractivity contribution in [1.29, 1.82) is 0 Å². The molecule has 2 nitrogen and oxygen atoms in total. The topological polar surface area (TPSA) is 28.7 Å². The number of nitrogens with zero attached hydrogens (tertiary/aromatic N) is 1. The molecule has 0 atom stereocenters. The van der Waals surface area contributed by atoms with Crippen LogP contribution in [0.5, 0.6) is 0 Å². The van der Waals surface area contributed by atoms with E-state index in [0.717, 1.165) is 6.42 Å². The van der Waals surface area contributed by atoms with Gasteiger partial charge in [-0.15, -0.1) is 0 Å². The van der Waals surface area contributed by atoms with E-state index in [0.29, 0.717) is 0 Å². The standard InChI is InChI=1S/C20H20N2S/c1-13-6-15(19-16(7-13)10-21-22-19)9-20(2,3)18-5-4-14-11-23-12-17(14)8-18/h4-8,10-12H,9H2,1-3H3,(H,21,22). The zero-order valence-electron chi connectivity index (χ0n) is 13.7. The molecule has 0 spiro atoms. The van der Waals surface area contributed by atoms with E-state index in [1.165, 1.54) is 38.4 Å². The number of benzene rings is 2. The largest absolute Gasteiger partial charge is 0.278 e. The van der Waals surface area contributed by atoms with Crippen LogP contribution in [0.2, 0.25) is 0 Å². The van der Waals surface area contributed by atoms with Crippen LogP contribution in [0.25, 0.3) is 21.7 Å². The van der Waals surface area contributed by atoms with Crippen molar-refractivity contribution in [3.05, 3.63) is 64.0 Å². The SMILES string of the molecule is Cc1cc(CC(C)(C)c2ccc3cscc3c2)c2[nH]ncc2c1. The molecule has 116 valence electrons. The van der Waals surface area contributed by atoms with Gasteiger partial charge in [0.05, 0.1) is 11.7 Å². The summed E-state index contributed by atoms with van der Waals surface area (Å²) in [6, 6.07) is 11.3. The number of aryl methyl sites for hydroxylation is 1. The van der Waals surface area contributed by atoms with Gasteiger partial charge in [-0.2, -0.15) is 16.4 Å². The van der Waals surface area contributed by atoms with Crippen LogP contribution in [0.15, 0.2) is 47.3 Å². The number of nitrogens with one attached hydrogen (secondary N) is 1. The summed E-state index contributed by atoms with van der Waals surface area (Å²) in [6.45, 7) is 6.80. The molecule has 0 radical (unpaired) electrons. The number of aromatic amines is 1. The van der Waals surface area contributed by atoms with Crippen molar-refractivity contribution in [3.63, 3.8) is 0 Å². The molecular formula is C20H20N2S. The van der Waals surface area contributed by atoms with Gasteiger partial charge in [-0.1, -0.05) is 37.6 Å². The van der Waals surface area contributed by atoms with Crippen LogP contribution in [0, 0.1) is 6.92 Å². The molecule has 2 aromatic carbocycles. The monoisotopic (exact) mass is 320 g/mol. The predicted molar refractivity (Wildman–Crippen MR) is 99.4 cm³/mol. The lowest BCUT2D eigenvalue weighted by Crippen LogP contribution is -2.20. The molecule has 0 aliphatic carbocycles. The Bertz CT molecular complexity index is 991. The van der Waals surface area contributed by atoms with Crippen molar-refractivity contribution in [2.45, 2.75) is 32.6 Å². The first-order chi connectivity index (χ1) is 11.0. The average Bonchev–Trinajstić information content (AvgIpc) is 3.13. The second-order valence-corrected chi connectivity index (χ2v) is 7.78. The Morgan fingerprint density at radius 2 is 1.87 bits per heavy atom. The fourth-order valence-electron chi connectivity index (χ4n) is 3.40. The van der Waals surface area contributed by atoms with Gasteiger partial charge in [0.2, 0.25) is 0 Å². The molecule has 4 rings (SSSR count). The first-order valence-electron chi connectivity index (χ1n) is 7.92. The molecule has 0 unspecified atom stereocenters. The summed E-state index contributed by atoms with van der Waals surface area (Å²) in [5, 5.41) is 15.7. The summed E-state index contributed by atoms with van der Waals surface area (Å²) in [7, 11) is 0. The number of hydrogen-bond acceptors (Lipinski definition) is 2. The second-order valence-electron chi connectivity index (χ2n) is 7.03. The van der Waals surface area contributed by atoms with Crippen molar-refractivity contribution in [2.75, 3.05) is 0 Å². The summed E-state index contributed by atoms with van der Waals surface area (Å²) >= 11 is 1.77. The lowest BCUT2D eigenvalue weighted by atomic mass is 9.78. The van der Waals surface area contributed by atoms with Gasteiger partial charge in [-0.05, 0) is 63.6 Å². The molecule has 0 saturated heterocycles. The van der Waals surface area contributed by atoms with E-state index in [-0.39, 0.29) is 5.41 Å². The molecule has 0 aliphatic heterocycles. The number of hydrogen-bond donors (Lipinski definition) is 1. The molecule has 2 heterocycles. The maximum atomic E-state index is 4.22. The molecule has 0 aliphatic rings. The second kappa shape index (κ2) is 5.20. The summed E-state index contributed by atoms with van der Waals surface area (Å²) in [5.74, 6) is 0. The van der Waals surface area contributed by atoms with Crippen LogP contribution in [-0.4, -0.2) is 10.2 Å². The number of fused-ring (bicyclic) bond motifs is 2. The van der Waals surface area contributed by atoms with Gasteiger partial charge in [0.15, 0.2) is 0 Å². The lowest BCUT2D eigenvalue weighted by Gasteiger charge is -2.26. The molecule has 0 bridgehead atoms. The molecule has 0 amide bonds. The Morgan fingerprint density at radius 3 is 2.74 bits per heavy atom. The van der Waals surface area contributed by atoms with Crippen molar-refractivity contribution in [3.8, 4) is 0 Å². The Morgan fingerprint density at radius 1 is 1.04 bits per heavy atom. The minimum absolute atomic E-state index is 0.0714. The highest BCUT2D eigenvalue weighted by molar-refractivity contribution is 7.09. The van der Waals surface area contributed by atoms with E-state index in [1.807, 2.05) is 6.20 Å². The van der Waals surface area contributed by atoms with Crippen molar-refractivity contribution in [1.82, 2.24) is 10.2 Å². The number of rotatable bonds is 3. The highest BCUT2D eigenvalue weighted by atomic mass is 32.1. The molecule has 2 aromatic heterocycles. The van der Waals surface area contributed by atoms with Crippen LogP contribution in [0.1, 0.15) is 30.5 Å². The van der Waals surface area contributed by atoms with Gasteiger partial charge in [-0.25, -0.2) is 0 Å². The first kappa shape index (κ1) is 14.5. The summed E-state index contributed by atoms with van der Waals surface area (Å²) in [6.07, 6.45) is 2.90. The highest BCUT2D eigenvalue weighted by Crippen LogP contribution is 2.33. The molecule has 23 heavy (non-hydrogen) atoms. The van der Waals surface area contributed by atoms with Crippen LogP contribution >= 0.6 is 11.3 Å². The first-order valence-corrected chi connectivity index (χ1v) is 8.86. The quantitative estimate of drug-likeness (QED) is 0.522.